The summed E-state index contributed by atoms with van der Waals surface area (Å²) in [6.07, 6.45) is 5.48. The Morgan fingerprint density at radius 1 is 1.31 bits per heavy atom. The van der Waals surface area contributed by atoms with Crippen molar-refractivity contribution >= 4 is 30.7 Å². The number of carbonyl (C=O) groups excluding carboxylic acids is 1. The van der Waals surface area contributed by atoms with Crippen molar-refractivity contribution in [1.82, 2.24) is 14.9 Å². The van der Waals surface area contributed by atoms with Crippen LogP contribution in [0.5, 0.6) is 11.6 Å². The number of hydrogen-bond donors (Lipinski definition) is 1. The van der Waals surface area contributed by atoms with Crippen LogP contribution in [0, 0.1) is 5.41 Å². The Morgan fingerprint density at radius 2 is 2.08 bits per heavy atom. The maximum Gasteiger partial charge on any atom is 0.254 e. The molecule has 8 heteroatoms. The minimum atomic E-state index is -0.0817. The number of nitrogens with zero attached hydrogens (tertiary/aromatic N) is 3. The molecule has 3 rings (SSSR count). The predicted molar refractivity (Wildman–Crippen MR) is 105 cm³/mol. The molecule has 1 aliphatic rings. The standard InChI is InChI=1S/C18H22N4O2.2ClH/c1-18(2)12-22(9-6-15(18)19)17(23)13-4-3-5-14(10-13)24-16-11-20-7-8-21-16;;/h3-5,7-8,10-11,15H,6,9,12,19H2,1-2H3;2*1H. The minimum absolute atomic E-state index is 0. The third kappa shape index (κ3) is 5.06. The summed E-state index contributed by atoms with van der Waals surface area (Å²) in [4.78, 5) is 22.7. The van der Waals surface area contributed by atoms with Gasteiger partial charge in [-0.15, -0.1) is 24.8 Å². The second-order valence-electron chi connectivity index (χ2n) is 6.78. The maximum atomic E-state index is 12.8. The number of nitrogens with two attached hydrogens (primary N) is 1. The number of likely N-dealkylation sites (tertiary alicyclic amines) is 1. The van der Waals surface area contributed by atoms with Crippen molar-refractivity contribution in [3.05, 3.63) is 48.4 Å². The molecule has 1 saturated heterocycles. The summed E-state index contributed by atoms with van der Waals surface area (Å²) in [5.41, 5.74) is 6.67. The van der Waals surface area contributed by atoms with Gasteiger partial charge in [-0.3, -0.25) is 9.78 Å². The Bertz CT molecular complexity index is 728. The van der Waals surface area contributed by atoms with Gasteiger partial charge in [0.15, 0.2) is 0 Å². The van der Waals surface area contributed by atoms with Crippen LogP contribution in [0.15, 0.2) is 42.9 Å². The smallest absolute Gasteiger partial charge is 0.254 e. The van der Waals surface area contributed by atoms with Gasteiger partial charge in [-0.2, -0.15) is 0 Å². The molecule has 0 aliphatic carbocycles. The average molecular weight is 399 g/mol. The Hall–Kier alpha value is -1.89. The fourth-order valence-electron chi connectivity index (χ4n) is 2.88. The lowest BCUT2D eigenvalue weighted by molar-refractivity contribution is 0.0532. The Labute approximate surface area is 166 Å². The molecule has 1 aromatic heterocycles. The van der Waals surface area contributed by atoms with Gasteiger partial charge in [-0.25, -0.2) is 4.98 Å². The van der Waals surface area contributed by atoms with Gasteiger partial charge in [0, 0.05) is 37.1 Å². The molecule has 0 bridgehead atoms. The van der Waals surface area contributed by atoms with Gasteiger partial charge in [0.2, 0.25) is 5.88 Å². The fourth-order valence-corrected chi connectivity index (χ4v) is 2.88. The molecule has 1 aliphatic heterocycles. The van der Waals surface area contributed by atoms with Crippen LogP contribution in [-0.4, -0.2) is 39.9 Å². The quantitative estimate of drug-likeness (QED) is 0.857. The molecule has 26 heavy (non-hydrogen) atoms. The Balaban J connectivity index is 0.00000169. The van der Waals surface area contributed by atoms with Gasteiger partial charge >= 0.3 is 0 Å². The molecule has 1 atom stereocenters. The number of carbonyl (C=O) groups is 1. The molecule has 2 aromatic rings. The number of piperidine rings is 1. The molecule has 2 N–H and O–H groups in total. The van der Waals surface area contributed by atoms with E-state index in [1.165, 1.54) is 6.20 Å². The highest BCUT2D eigenvalue weighted by Crippen LogP contribution is 2.29. The zero-order valence-electron chi connectivity index (χ0n) is 14.8. The molecule has 142 valence electrons. The van der Waals surface area contributed by atoms with Crippen molar-refractivity contribution in [3.8, 4) is 11.6 Å². The number of rotatable bonds is 3. The number of benzene rings is 1. The first kappa shape index (κ1) is 22.2. The molecule has 0 spiro atoms. The first-order valence-electron chi connectivity index (χ1n) is 8.04. The molecule has 1 amide bonds. The topological polar surface area (TPSA) is 81.3 Å². The van der Waals surface area contributed by atoms with Crippen molar-refractivity contribution in [3.63, 3.8) is 0 Å². The van der Waals surface area contributed by atoms with Crippen LogP contribution in [0.4, 0.5) is 0 Å². The summed E-state index contributed by atoms with van der Waals surface area (Å²) >= 11 is 0. The van der Waals surface area contributed by atoms with Crippen LogP contribution in [-0.2, 0) is 0 Å². The van der Waals surface area contributed by atoms with Crippen LogP contribution in [0.1, 0.15) is 30.6 Å². The van der Waals surface area contributed by atoms with E-state index in [1.807, 2.05) is 4.90 Å². The summed E-state index contributed by atoms with van der Waals surface area (Å²) in [6.45, 7) is 5.54. The predicted octanol–water partition coefficient (Wildman–Crippen LogP) is 3.31. The van der Waals surface area contributed by atoms with Crippen molar-refractivity contribution in [1.29, 1.82) is 0 Å². The van der Waals surface area contributed by atoms with Gasteiger partial charge < -0.3 is 15.4 Å². The second-order valence-corrected chi connectivity index (χ2v) is 6.78. The minimum Gasteiger partial charge on any atom is -0.437 e. The van der Waals surface area contributed by atoms with E-state index in [1.54, 1.807) is 36.7 Å². The van der Waals surface area contributed by atoms with E-state index in [2.05, 4.69) is 23.8 Å². The maximum absolute atomic E-state index is 12.8. The number of hydrogen-bond acceptors (Lipinski definition) is 5. The van der Waals surface area contributed by atoms with Crippen LogP contribution in [0.3, 0.4) is 0 Å². The molecular weight excluding hydrogens is 375 g/mol. The number of amides is 1. The monoisotopic (exact) mass is 398 g/mol. The SMILES string of the molecule is CC1(C)CN(C(=O)c2cccc(Oc3cnccn3)c2)CCC1N.Cl.Cl. The Morgan fingerprint density at radius 3 is 2.73 bits per heavy atom. The molecule has 6 nitrogen and oxygen atoms in total. The van der Waals surface area contributed by atoms with Gasteiger partial charge in [-0.05, 0) is 30.0 Å². The number of aromatic nitrogens is 2. The first-order chi connectivity index (χ1) is 11.5. The third-order valence-corrected chi connectivity index (χ3v) is 4.44. The van der Waals surface area contributed by atoms with Crippen LogP contribution >= 0.6 is 24.8 Å². The summed E-state index contributed by atoms with van der Waals surface area (Å²) in [6, 6.07) is 7.25. The first-order valence-corrected chi connectivity index (χ1v) is 8.04. The molecule has 0 radical (unpaired) electrons. The number of ether oxygens (including phenoxy) is 1. The molecule has 1 aromatic carbocycles. The van der Waals surface area contributed by atoms with E-state index in [0.29, 0.717) is 30.3 Å². The normalized spacial score (nSPS) is 18.3. The lowest BCUT2D eigenvalue weighted by Crippen LogP contribution is -2.53. The van der Waals surface area contributed by atoms with Gasteiger partial charge in [0.05, 0.1) is 6.20 Å². The van der Waals surface area contributed by atoms with E-state index >= 15 is 0 Å². The molecule has 1 unspecified atom stereocenters. The highest BCUT2D eigenvalue weighted by molar-refractivity contribution is 5.94. The summed E-state index contributed by atoms with van der Waals surface area (Å²) in [7, 11) is 0. The van der Waals surface area contributed by atoms with Crippen molar-refractivity contribution in [2.45, 2.75) is 26.3 Å². The van der Waals surface area contributed by atoms with Gasteiger partial charge in [-0.1, -0.05) is 19.9 Å². The summed E-state index contributed by atoms with van der Waals surface area (Å²) < 4.78 is 5.65. The van der Waals surface area contributed by atoms with E-state index in [0.717, 1.165) is 6.42 Å². The number of halogens is 2. The highest BCUT2D eigenvalue weighted by Gasteiger charge is 2.35. The average Bonchev–Trinajstić information content (AvgIpc) is 2.58. The zero-order valence-corrected chi connectivity index (χ0v) is 16.4. The lowest BCUT2D eigenvalue weighted by Gasteiger charge is -2.42. The van der Waals surface area contributed by atoms with E-state index < -0.39 is 0 Å². The summed E-state index contributed by atoms with van der Waals surface area (Å²) in [5, 5.41) is 0. The lowest BCUT2D eigenvalue weighted by atomic mass is 9.79. The van der Waals surface area contributed by atoms with Crippen LogP contribution in [0.2, 0.25) is 0 Å². The van der Waals surface area contributed by atoms with E-state index in [4.69, 9.17) is 10.5 Å². The second kappa shape index (κ2) is 9.16. The van der Waals surface area contributed by atoms with E-state index in [-0.39, 0.29) is 42.2 Å². The van der Waals surface area contributed by atoms with Crippen molar-refractivity contribution in [2.75, 3.05) is 13.1 Å². The van der Waals surface area contributed by atoms with Crippen molar-refractivity contribution in [2.24, 2.45) is 11.1 Å². The van der Waals surface area contributed by atoms with Crippen molar-refractivity contribution < 1.29 is 9.53 Å². The van der Waals surface area contributed by atoms with Gasteiger partial charge in [0.25, 0.3) is 5.91 Å². The molecule has 1 fully saturated rings. The van der Waals surface area contributed by atoms with E-state index in [9.17, 15) is 4.79 Å². The third-order valence-electron chi connectivity index (χ3n) is 4.44. The Kier molecular flexibility index (Phi) is 7.81. The molecule has 0 saturated carbocycles. The van der Waals surface area contributed by atoms with Gasteiger partial charge in [0.1, 0.15) is 5.75 Å². The zero-order chi connectivity index (χ0) is 17.2. The largest absolute Gasteiger partial charge is 0.437 e. The molecular formula is C18H24Cl2N4O2. The van der Waals surface area contributed by atoms with Crippen LogP contribution in [0.25, 0.3) is 0 Å². The fraction of sp³-hybridized carbons (Fsp3) is 0.389. The summed E-state index contributed by atoms with van der Waals surface area (Å²) in [5.74, 6) is 0.959. The highest BCUT2D eigenvalue weighted by atomic mass is 35.5. The van der Waals surface area contributed by atoms with Crippen LogP contribution < -0.4 is 10.5 Å². The molecule has 2 heterocycles.